The highest BCUT2D eigenvalue weighted by Gasteiger charge is 2.42. The molecule has 1 atom stereocenters. The lowest BCUT2D eigenvalue weighted by atomic mass is 9.73. The van der Waals surface area contributed by atoms with Gasteiger partial charge in [-0.15, -0.1) is 0 Å². The average molecular weight is 366 g/mol. The minimum absolute atomic E-state index is 0.0431. The van der Waals surface area contributed by atoms with Crippen molar-refractivity contribution in [2.24, 2.45) is 5.41 Å². The molecule has 2 fully saturated rings. The predicted molar refractivity (Wildman–Crippen MR) is 91.2 cm³/mol. The van der Waals surface area contributed by atoms with E-state index in [1.807, 2.05) is 0 Å². The maximum absolute atomic E-state index is 13.8. The van der Waals surface area contributed by atoms with Gasteiger partial charge in [0.05, 0.1) is 13.0 Å². The molecule has 0 aromatic heterocycles. The van der Waals surface area contributed by atoms with Crippen molar-refractivity contribution in [3.05, 3.63) is 35.4 Å². The summed E-state index contributed by atoms with van der Waals surface area (Å²) in [7, 11) is 0. The number of β-amino-alcohol motifs (C(OH)–C–C–N with tert-alkyl or cyclic N) is 1. The fourth-order valence-electron chi connectivity index (χ4n) is 4.12. The summed E-state index contributed by atoms with van der Waals surface area (Å²) in [6, 6.07) is 3.26. The lowest BCUT2D eigenvalue weighted by Gasteiger charge is -2.48. The van der Waals surface area contributed by atoms with E-state index < -0.39 is 11.6 Å². The molecule has 3 rings (SSSR count). The summed E-state index contributed by atoms with van der Waals surface area (Å²) in [5.41, 5.74) is 0.0370. The highest BCUT2D eigenvalue weighted by molar-refractivity contribution is 5.79. The molecule has 26 heavy (non-hydrogen) atoms. The Bertz CT molecular complexity index is 697. The number of rotatable bonds is 4. The van der Waals surface area contributed by atoms with Crippen LogP contribution in [0.3, 0.4) is 0 Å². The highest BCUT2D eigenvalue weighted by Crippen LogP contribution is 2.39. The monoisotopic (exact) mass is 366 g/mol. The van der Waals surface area contributed by atoms with E-state index in [4.69, 9.17) is 5.11 Å². The first-order valence-electron chi connectivity index (χ1n) is 9.03. The van der Waals surface area contributed by atoms with Gasteiger partial charge in [0.2, 0.25) is 11.8 Å². The Kier molecular flexibility index (Phi) is 5.55. The molecule has 142 valence electrons. The Morgan fingerprint density at radius 3 is 2.77 bits per heavy atom. The first-order valence-corrected chi connectivity index (χ1v) is 9.03. The van der Waals surface area contributed by atoms with Crippen molar-refractivity contribution in [2.75, 3.05) is 32.8 Å². The van der Waals surface area contributed by atoms with E-state index in [9.17, 15) is 18.4 Å². The van der Waals surface area contributed by atoms with E-state index in [2.05, 4.69) is 0 Å². The molecule has 1 spiro atoms. The lowest BCUT2D eigenvalue weighted by molar-refractivity contribution is -0.143. The maximum Gasteiger partial charge on any atom is 0.227 e. The van der Waals surface area contributed by atoms with Crippen molar-refractivity contribution in [1.29, 1.82) is 0 Å². The molecule has 7 heteroatoms. The number of aliphatic hydroxyl groups excluding tert-OH is 1. The topological polar surface area (TPSA) is 60.9 Å². The van der Waals surface area contributed by atoms with Crippen molar-refractivity contribution in [2.45, 2.75) is 32.1 Å². The Morgan fingerprint density at radius 2 is 2.04 bits per heavy atom. The molecule has 5 nitrogen and oxygen atoms in total. The Hall–Kier alpha value is -2.02. The smallest absolute Gasteiger partial charge is 0.227 e. The third-order valence-corrected chi connectivity index (χ3v) is 5.49. The van der Waals surface area contributed by atoms with Gasteiger partial charge in [-0.3, -0.25) is 9.59 Å². The fraction of sp³-hybridized carbons (Fsp3) is 0.579. The second kappa shape index (κ2) is 7.70. The molecule has 0 bridgehead atoms. The number of halogens is 2. The van der Waals surface area contributed by atoms with Crippen LogP contribution >= 0.6 is 0 Å². The molecule has 2 aliphatic rings. The van der Waals surface area contributed by atoms with Gasteiger partial charge in [-0.2, -0.15) is 0 Å². The van der Waals surface area contributed by atoms with Crippen LogP contribution in [-0.4, -0.2) is 59.5 Å². The van der Waals surface area contributed by atoms with Crippen molar-refractivity contribution in [3.8, 4) is 0 Å². The zero-order valence-electron chi connectivity index (χ0n) is 14.7. The van der Waals surface area contributed by atoms with Gasteiger partial charge in [0.25, 0.3) is 0 Å². The van der Waals surface area contributed by atoms with Gasteiger partial charge in [-0.05, 0) is 30.9 Å². The van der Waals surface area contributed by atoms with Crippen molar-refractivity contribution < 1.29 is 23.5 Å². The fourth-order valence-corrected chi connectivity index (χ4v) is 4.12. The summed E-state index contributed by atoms with van der Waals surface area (Å²) in [4.78, 5) is 28.1. The SMILES string of the molecule is O=C1CCC2(CCCN(C(=O)Cc3ccc(F)cc3F)C2)CN1CCO. The average Bonchev–Trinajstić information content (AvgIpc) is 2.61. The first kappa shape index (κ1) is 18.8. The van der Waals surface area contributed by atoms with Crippen LogP contribution in [-0.2, 0) is 16.0 Å². The maximum atomic E-state index is 13.8. The molecule has 1 N–H and O–H groups in total. The van der Waals surface area contributed by atoms with E-state index in [1.54, 1.807) is 9.80 Å². The number of piperidine rings is 2. The molecule has 1 aromatic rings. The predicted octanol–water partition coefficient (Wildman–Crippen LogP) is 1.73. The molecule has 0 radical (unpaired) electrons. The van der Waals surface area contributed by atoms with Crippen LogP contribution in [0.1, 0.15) is 31.2 Å². The summed E-state index contributed by atoms with van der Waals surface area (Å²) in [6.07, 6.45) is 2.81. The molecule has 1 aromatic carbocycles. The molecule has 2 aliphatic heterocycles. The standard InChI is InChI=1S/C19H24F2N2O3/c20-15-3-2-14(16(21)11-15)10-18(26)22-7-1-5-19(12-22)6-4-17(25)23(13-19)8-9-24/h2-3,11,24H,1,4-10,12-13H2. The summed E-state index contributed by atoms with van der Waals surface area (Å²) in [5.74, 6) is -1.50. The highest BCUT2D eigenvalue weighted by atomic mass is 19.1. The normalized spacial score (nSPS) is 23.6. The molecule has 2 saturated heterocycles. The number of carbonyl (C=O) groups excluding carboxylic acids is 2. The molecule has 2 amide bonds. The van der Waals surface area contributed by atoms with Crippen molar-refractivity contribution in [1.82, 2.24) is 9.80 Å². The summed E-state index contributed by atoms with van der Waals surface area (Å²) in [6.45, 7) is 1.92. The van der Waals surface area contributed by atoms with Gasteiger partial charge in [0.1, 0.15) is 11.6 Å². The molecular weight excluding hydrogens is 342 g/mol. The number of likely N-dealkylation sites (tertiary alicyclic amines) is 2. The Morgan fingerprint density at radius 1 is 1.23 bits per heavy atom. The van der Waals surface area contributed by atoms with Crippen LogP contribution in [0.4, 0.5) is 8.78 Å². The molecule has 0 saturated carbocycles. The number of aliphatic hydroxyl groups is 1. The minimum atomic E-state index is -0.706. The molecule has 0 aliphatic carbocycles. The van der Waals surface area contributed by atoms with Crippen LogP contribution in [0.25, 0.3) is 0 Å². The summed E-state index contributed by atoms with van der Waals surface area (Å²) in [5, 5.41) is 9.15. The quantitative estimate of drug-likeness (QED) is 0.883. The summed E-state index contributed by atoms with van der Waals surface area (Å²) < 4.78 is 26.9. The lowest BCUT2D eigenvalue weighted by Crippen LogP contribution is -2.55. The molecule has 1 unspecified atom stereocenters. The number of benzene rings is 1. The zero-order valence-corrected chi connectivity index (χ0v) is 14.7. The number of amides is 2. The Balaban J connectivity index is 1.67. The van der Waals surface area contributed by atoms with E-state index in [0.717, 1.165) is 31.4 Å². The van der Waals surface area contributed by atoms with Crippen LogP contribution in [0, 0.1) is 17.0 Å². The van der Waals surface area contributed by atoms with E-state index >= 15 is 0 Å². The van der Waals surface area contributed by atoms with Gasteiger partial charge in [0.15, 0.2) is 0 Å². The minimum Gasteiger partial charge on any atom is -0.395 e. The number of carbonyl (C=O) groups is 2. The number of nitrogens with zero attached hydrogens (tertiary/aromatic N) is 2. The summed E-state index contributed by atoms with van der Waals surface area (Å²) >= 11 is 0. The second-order valence-electron chi connectivity index (χ2n) is 7.37. The van der Waals surface area contributed by atoms with Crippen LogP contribution < -0.4 is 0 Å². The third kappa shape index (κ3) is 4.03. The van der Waals surface area contributed by atoms with Crippen molar-refractivity contribution in [3.63, 3.8) is 0 Å². The van der Waals surface area contributed by atoms with Gasteiger partial charge in [0, 0.05) is 44.1 Å². The first-order chi connectivity index (χ1) is 12.4. The Labute approximate surface area is 151 Å². The number of hydrogen-bond donors (Lipinski definition) is 1. The van der Waals surface area contributed by atoms with Gasteiger partial charge >= 0.3 is 0 Å². The van der Waals surface area contributed by atoms with Crippen LogP contribution in [0.5, 0.6) is 0 Å². The molecular formula is C19H24F2N2O3. The van der Waals surface area contributed by atoms with Gasteiger partial charge < -0.3 is 14.9 Å². The van der Waals surface area contributed by atoms with Gasteiger partial charge in [-0.25, -0.2) is 8.78 Å². The third-order valence-electron chi connectivity index (χ3n) is 5.49. The number of hydrogen-bond acceptors (Lipinski definition) is 3. The van der Waals surface area contributed by atoms with Crippen LogP contribution in [0.15, 0.2) is 18.2 Å². The van der Waals surface area contributed by atoms with Crippen LogP contribution in [0.2, 0.25) is 0 Å². The van der Waals surface area contributed by atoms with Crippen molar-refractivity contribution >= 4 is 11.8 Å². The van der Waals surface area contributed by atoms with Gasteiger partial charge in [-0.1, -0.05) is 6.07 Å². The zero-order chi connectivity index (χ0) is 18.7. The molecule has 2 heterocycles. The van der Waals surface area contributed by atoms with E-state index in [-0.39, 0.29) is 35.8 Å². The second-order valence-corrected chi connectivity index (χ2v) is 7.37. The largest absolute Gasteiger partial charge is 0.395 e. The van der Waals surface area contributed by atoms with E-state index in [1.165, 1.54) is 6.07 Å². The van der Waals surface area contributed by atoms with E-state index in [0.29, 0.717) is 32.6 Å².